The monoisotopic (exact) mass is 568 g/mol. The van der Waals surface area contributed by atoms with Crippen molar-refractivity contribution in [3.05, 3.63) is 52.4 Å². The predicted octanol–water partition coefficient (Wildman–Crippen LogP) is 5.53. The van der Waals surface area contributed by atoms with E-state index in [4.69, 9.17) is 11.6 Å². The van der Waals surface area contributed by atoms with Gasteiger partial charge in [-0.2, -0.15) is 13.2 Å². The van der Waals surface area contributed by atoms with Gasteiger partial charge in [0.05, 0.1) is 0 Å². The number of thioether (sulfide) groups is 1. The smallest absolute Gasteiger partial charge is 0.371 e. The van der Waals surface area contributed by atoms with Gasteiger partial charge in [0, 0.05) is 73.4 Å². The molecule has 1 amide bonds. The van der Waals surface area contributed by atoms with Crippen LogP contribution < -0.4 is 10.2 Å². The number of carbonyl (C=O) groups is 1. The summed E-state index contributed by atoms with van der Waals surface area (Å²) >= 11 is 5.97. The Morgan fingerprint density at radius 1 is 1.08 bits per heavy atom. The molecule has 0 saturated carbocycles. The first-order valence-electron chi connectivity index (χ1n) is 13.6. The van der Waals surface area contributed by atoms with Crippen molar-refractivity contribution in [1.29, 1.82) is 0 Å². The summed E-state index contributed by atoms with van der Waals surface area (Å²) < 4.78 is 37.7. The van der Waals surface area contributed by atoms with Crippen LogP contribution in [0.1, 0.15) is 32.1 Å². The lowest BCUT2D eigenvalue weighted by Gasteiger charge is -2.35. The molecule has 208 valence electrons. The third-order valence-electron chi connectivity index (χ3n) is 8.14. The van der Waals surface area contributed by atoms with E-state index in [-0.39, 0.29) is 34.7 Å². The Labute approximate surface area is 232 Å². The number of amides is 1. The molecule has 3 saturated heterocycles. The number of carbonyl (C=O) groups excluding carboxylic acids is 1. The number of benzene rings is 1. The molecule has 0 spiro atoms. The second kappa shape index (κ2) is 12.2. The molecule has 0 aromatic heterocycles. The molecule has 5 rings (SSSR count). The zero-order valence-electron chi connectivity index (χ0n) is 21.5. The molecule has 1 aliphatic carbocycles. The number of allylic oxidation sites excluding steroid dienone is 1. The maximum absolute atomic E-state index is 12.9. The third-order valence-corrected chi connectivity index (χ3v) is 9.16. The van der Waals surface area contributed by atoms with Crippen molar-refractivity contribution in [3.63, 3.8) is 0 Å². The van der Waals surface area contributed by atoms with Crippen molar-refractivity contribution in [1.82, 2.24) is 15.1 Å². The van der Waals surface area contributed by atoms with Gasteiger partial charge in [-0.15, -0.1) is 0 Å². The van der Waals surface area contributed by atoms with Crippen LogP contribution in [0.3, 0.4) is 0 Å². The van der Waals surface area contributed by atoms with E-state index in [0.29, 0.717) is 31.2 Å². The minimum absolute atomic E-state index is 0.0119. The van der Waals surface area contributed by atoms with Crippen LogP contribution >= 0.6 is 23.4 Å². The fraction of sp³-hybridized carbons (Fsp3) is 0.607. The van der Waals surface area contributed by atoms with Gasteiger partial charge in [-0.05, 0) is 80.1 Å². The largest absolute Gasteiger partial charge is 0.446 e. The maximum Gasteiger partial charge on any atom is 0.446 e. The zero-order valence-corrected chi connectivity index (χ0v) is 23.1. The normalized spacial score (nSPS) is 28.1. The number of hydrogen-bond donors (Lipinski definition) is 1. The van der Waals surface area contributed by atoms with E-state index in [1.165, 1.54) is 5.69 Å². The molecule has 4 atom stereocenters. The van der Waals surface area contributed by atoms with Crippen molar-refractivity contribution in [2.24, 2.45) is 11.8 Å². The summed E-state index contributed by atoms with van der Waals surface area (Å²) in [5.74, 6) is 1.58. The highest BCUT2D eigenvalue weighted by atomic mass is 35.5. The van der Waals surface area contributed by atoms with Gasteiger partial charge < -0.3 is 20.0 Å². The number of rotatable bonds is 8. The van der Waals surface area contributed by atoms with Gasteiger partial charge in [0.25, 0.3) is 0 Å². The molecule has 3 heterocycles. The van der Waals surface area contributed by atoms with Gasteiger partial charge in [0.1, 0.15) is 0 Å². The van der Waals surface area contributed by atoms with Gasteiger partial charge in [0.15, 0.2) is 0 Å². The Kier molecular flexibility index (Phi) is 8.97. The van der Waals surface area contributed by atoms with Gasteiger partial charge in [-0.1, -0.05) is 29.8 Å². The molecule has 0 radical (unpaired) electrons. The standard InChI is InChI=1S/C28H36ClF3N4OS/c29-22-5-9-25(10-6-22)36-17-20-15-34(16-21(20)18-36)13-2-4-27(37)35-14-1-3-24(19-35)33-23-7-11-26(12-8-23)38-28(30,31)32/h5-7,9-12,20-21,23-24,33H,1-4,8,13-19H2. The maximum atomic E-state index is 12.9. The van der Waals surface area contributed by atoms with Crippen molar-refractivity contribution < 1.29 is 18.0 Å². The fourth-order valence-electron chi connectivity index (χ4n) is 6.32. The van der Waals surface area contributed by atoms with Gasteiger partial charge in [-0.25, -0.2) is 0 Å². The van der Waals surface area contributed by atoms with E-state index >= 15 is 0 Å². The van der Waals surface area contributed by atoms with E-state index in [2.05, 4.69) is 27.2 Å². The number of nitrogens with zero attached hydrogens (tertiary/aromatic N) is 3. The number of nitrogens with one attached hydrogen (secondary N) is 1. The Balaban J connectivity index is 0.992. The van der Waals surface area contributed by atoms with Crippen molar-refractivity contribution in [3.8, 4) is 0 Å². The second-order valence-electron chi connectivity index (χ2n) is 11.0. The third kappa shape index (κ3) is 7.49. The highest BCUT2D eigenvalue weighted by Gasteiger charge is 2.39. The zero-order chi connectivity index (χ0) is 26.7. The summed E-state index contributed by atoms with van der Waals surface area (Å²) in [6.07, 6.45) is 8.92. The van der Waals surface area contributed by atoms with Crippen LogP contribution in [-0.4, -0.2) is 79.1 Å². The van der Waals surface area contributed by atoms with Crippen LogP contribution in [0.4, 0.5) is 18.9 Å². The lowest BCUT2D eigenvalue weighted by molar-refractivity contribution is -0.132. The Hall–Kier alpha value is -1.68. The first-order valence-corrected chi connectivity index (χ1v) is 14.8. The molecule has 3 aliphatic heterocycles. The number of piperidine rings is 1. The molecule has 1 aromatic carbocycles. The molecule has 1 aromatic rings. The summed E-state index contributed by atoms with van der Waals surface area (Å²) in [5, 5.41) is 4.30. The summed E-state index contributed by atoms with van der Waals surface area (Å²) in [4.78, 5) is 20.1. The van der Waals surface area contributed by atoms with Gasteiger partial charge in [0.2, 0.25) is 5.91 Å². The average molecular weight is 569 g/mol. The molecular weight excluding hydrogens is 533 g/mol. The van der Waals surface area contributed by atoms with Crippen LogP contribution in [0.5, 0.6) is 0 Å². The average Bonchev–Trinajstić information content (AvgIpc) is 3.44. The first-order chi connectivity index (χ1) is 18.2. The number of alkyl halides is 3. The van der Waals surface area contributed by atoms with Crippen LogP contribution in [0, 0.1) is 11.8 Å². The Morgan fingerprint density at radius 2 is 1.82 bits per heavy atom. The second-order valence-corrected chi connectivity index (χ2v) is 12.5. The van der Waals surface area contributed by atoms with Gasteiger partial charge in [-0.3, -0.25) is 4.79 Å². The van der Waals surface area contributed by atoms with Crippen LogP contribution in [0.25, 0.3) is 0 Å². The summed E-state index contributed by atoms with van der Waals surface area (Å²) in [5.41, 5.74) is -3.01. The van der Waals surface area contributed by atoms with Crippen LogP contribution in [0.2, 0.25) is 5.02 Å². The minimum atomic E-state index is -4.26. The number of halogens is 4. The fourth-order valence-corrected chi connectivity index (χ4v) is 7.04. The van der Waals surface area contributed by atoms with E-state index in [1.54, 1.807) is 12.2 Å². The van der Waals surface area contributed by atoms with E-state index in [9.17, 15) is 18.0 Å². The molecule has 10 heteroatoms. The van der Waals surface area contributed by atoms with Crippen molar-refractivity contribution in [2.45, 2.75) is 49.7 Å². The quantitative estimate of drug-likeness (QED) is 0.446. The SMILES string of the molecule is O=C(CCCN1CC2CN(c3ccc(Cl)cc3)CC2C1)N1CCCC(NC2C=CC(SC(F)(F)F)=CC2)C1. The number of hydrogen-bond acceptors (Lipinski definition) is 5. The molecule has 0 bridgehead atoms. The van der Waals surface area contributed by atoms with Crippen molar-refractivity contribution in [2.75, 3.05) is 50.7 Å². The van der Waals surface area contributed by atoms with Crippen molar-refractivity contribution >= 4 is 35.0 Å². The topological polar surface area (TPSA) is 38.8 Å². The number of anilines is 1. The van der Waals surface area contributed by atoms with E-state index < -0.39 is 5.51 Å². The molecule has 3 fully saturated rings. The minimum Gasteiger partial charge on any atom is -0.371 e. The molecule has 4 unspecified atom stereocenters. The first kappa shape index (κ1) is 27.9. The summed E-state index contributed by atoms with van der Waals surface area (Å²) in [7, 11) is 0. The lowest BCUT2D eigenvalue weighted by Crippen LogP contribution is -2.50. The van der Waals surface area contributed by atoms with Crippen LogP contribution in [0.15, 0.2) is 47.4 Å². The molecule has 1 N–H and O–H groups in total. The van der Waals surface area contributed by atoms with Gasteiger partial charge >= 0.3 is 5.51 Å². The highest BCUT2D eigenvalue weighted by Crippen LogP contribution is 2.38. The van der Waals surface area contributed by atoms with Crippen LogP contribution in [-0.2, 0) is 4.79 Å². The number of fused-ring (bicyclic) bond motifs is 1. The Morgan fingerprint density at radius 3 is 2.47 bits per heavy atom. The number of likely N-dealkylation sites (tertiary alicyclic amines) is 2. The molecular formula is C28H36ClF3N4OS. The molecule has 4 aliphatic rings. The Bertz CT molecular complexity index is 1020. The molecule has 5 nitrogen and oxygen atoms in total. The highest BCUT2D eigenvalue weighted by molar-refractivity contribution is 8.04. The summed E-state index contributed by atoms with van der Waals surface area (Å²) in [6.45, 7) is 6.80. The lowest BCUT2D eigenvalue weighted by atomic mass is 10.0. The van der Waals surface area contributed by atoms with E-state index in [0.717, 1.165) is 63.6 Å². The predicted molar refractivity (Wildman–Crippen MR) is 148 cm³/mol. The van der Waals surface area contributed by atoms with E-state index in [1.807, 2.05) is 23.1 Å². The molecule has 38 heavy (non-hydrogen) atoms. The summed E-state index contributed by atoms with van der Waals surface area (Å²) in [6, 6.07) is 8.30.